The lowest BCUT2D eigenvalue weighted by molar-refractivity contribution is -0.117. The standard InChI is InChI=1S/C14H22N2O3/c1-9-6-7-12(10(2)13(9)17)16-14(18)11(15)5-4-8-19-3/h6-7,11,17H,4-5,8,15H2,1-3H3,(H,16,18). The van der Waals surface area contributed by atoms with E-state index < -0.39 is 6.04 Å². The van der Waals surface area contributed by atoms with Crippen LogP contribution in [0.25, 0.3) is 0 Å². The Bertz CT molecular complexity index is 447. The van der Waals surface area contributed by atoms with Crippen LogP contribution in [0.15, 0.2) is 12.1 Å². The molecule has 0 saturated carbocycles. The van der Waals surface area contributed by atoms with Gasteiger partial charge in [-0.25, -0.2) is 0 Å². The van der Waals surface area contributed by atoms with Gasteiger partial charge in [-0.3, -0.25) is 4.79 Å². The second-order valence-electron chi connectivity index (χ2n) is 4.63. The van der Waals surface area contributed by atoms with Gasteiger partial charge in [-0.1, -0.05) is 6.07 Å². The van der Waals surface area contributed by atoms with Crippen LogP contribution in [0.5, 0.6) is 5.75 Å². The maximum absolute atomic E-state index is 11.9. The van der Waals surface area contributed by atoms with Gasteiger partial charge in [-0.2, -0.15) is 0 Å². The van der Waals surface area contributed by atoms with Gasteiger partial charge in [0.15, 0.2) is 0 Å². The normalized spacial score (nSPS) is 12.2. The van der Waals surface area contributed by atoms with E-state index in [1.807, 2.05) is 6.92 Å². The van der Waals surface area contributed by atoms with Crippen LogP contribution in [-0.2, 0) is 9.53 Å². The Morgan fingerprint density at radius 1 is 1.47 bits per heavy atom. The molecule has 4 N–H and O–H groups in total. The average Bonchev–Trinajstić information content (AvgIpc) is 2.39. The van der Waals surface area contributed by atoms with E-state index >= 15 is 0 Å². The van der Waals surface area contributed by atoms with Crippen molar-refractivity contribution in [1.29, 1.82) is 0 Å². The van der Waals surface area contributed by atoms with Gasteiger partial charge in [0, 0.05) is 25.0 Å². The van der Waals surface area contributed by atoms with Gasteiger partial charge in [0.1, 0.15) is 5.75 Å². The zero-order chi connectivity index (χ0) is 14.4. The van der Waals surface area contributed by atoms with Crippen LogP contribution < -0.4 is 11.1 Å². The van der Waals surface area contributed by atoms with E-state index in [0.29, 0.717) is 24.3 Å². The highest BCUT2D eigenvalue weighted by Crippen LogP contribution is 2.28. The van der Waals surface area contributed by atoms with Gasteiger partial charge < -0.3 is 20.9 Å². The molecule has 1 amide bonds. The van der Waals surface area contributed by atoms with Crippen LogP contribution >= 0.6 is 0 Å². The molecule has 5 heteroatoms. The number of carbonyl (C=O) groups excluding carboxylic acids is 1. The number of nitrogens with one attached hydrogen (secondary N) is 1. The zero-order valence-corrected chi connectivity index (χ0v) is 11.7. The average molecular weight is 266 g/mol. The molecule has 0 aromatic heterocycles. The minimum atomic E-state index is -0.571. The zero-order valence-electron chi connectivity index (χ0n) is 11.7. The van der Waals surface area contributed by atoms with Crippen molar-refractivity contribution in [1.82, 2.24) is 0 Å². The van der Waals surface area contributed by atoms with Crippen molar-refractivity contribution in [3.63, 3.8) is 0 Å². The van der Waals surface area contributed by atoms with Gasteiger partial charge in [-0.15, -0.1) is 0 Å². The molecule has 19 heavy (non-hydrogen) atoms. The minimum absolute atomic E-state index is 0.200. The van der Waals surface area contributed by atoms with E-state index in [1.165, 1.54) is 0 Å². The molecule has 5 nitrogen and oxygen atoms in total. The maximum atomic E-state index is 11.9. The predicted molar refractivity (Wildman–Crippen MR) is 75.3 cm³/mol. The first-order valence-electron chi connectivity index (χ1n) is 6.32. The molecule has 0 radical (unpaired) electrons. The SMILES string of the molecule is COCCCC(N)C(=O)Nc1ccc(C)c(O)c1C. The lowest BCUT2D eigenvalue weighted by atomic mass is 10.1. The Morgan fingerprint density at radius 2 is 2.16 bits per heavy atom. The number of phenolic OH excluding ortho intramolecular Hbond substituents is 1. The van der Waals surface area contributed by atoms with Gasteiger partial charge in [-0.05, 0) is 38.3 Å². The van der Waals surface area contributed by atoms with Gasteiger partial charge in [0.25, 0.3) is 0 Å². The number of methoxy groups -OCH3 is 1. The Kier molecular flexibility index (Phi) is 5.79. The molecular formula is C14H22N2O3. The molecule has 0 fully saturated rings. The van der Waals surface area contributed by atoms with Crippen LogP contribution in [0.3, 0.4) is 0 Å². The van der Waals surface area contributed by atoms with E-state index in [0.717, 1.165) is 12.0 Å². The highest BCUT2D eigenvalue weighted by atomic mass is 16.5. The summed E-state index contributed by atoms with van der Waals surface area (Å²) in [6, 6.07) is 2.96. The van der Waals surface area contributed by atoms with Crippen molar-refractivity contribution in [2.24, 2.45) is 5.73 Å². The summed E-state index contributed by atoms with van der Waals surface area (Å²) in [6.45, 7) is 4.16. The fourth-order valence-electron chi connectivity index (χ4n) is 1.78. The quantitative estimate of drug-likeness (QED) is 0.684. The molecule has 106 valence electrons. The molecule has 1 aromatic rings. The summed E-state index contributed by atoms with van der Waals surface area (Å²) < 4.78 is 4.92. The monoisotopic (exact) mass is 266 g/mol. The number of benzene rings is 1. The number of hydrogen-bond acceptors (Lipinski definition) is 4. The molecular weight excluding hydrogens is 244 g/mol. The van der Waals surface area contributed by atoms with Crippen LogP contribution in [0.4, 0.5) is 5.69 Å². The third kappa shape index (κ3) is 4.22. The lowest BCUT2D eigenvalue weighted by Crippen LogP contribution is -2.35. The number of phenols is 1. The van der Waals surface area contributed by atoms with E-state index in [9.17, 15) is 9.90 Å². The summed E-state index contributed by atoms with van der Waals surface area (Å²) in [5.41, 5.74) is 7.81. The summed E-state index contributed by atoms with van der Waals surface area (Å²) in [7, 11) is 1.62. The van der Waals surface area contributed by atoms with E-state index in [-0.39, 0.29) is 11.7 Å². The first kappa shape index (κ1) is 15.5. The van der Waals surface area contributed by atoms with Crippen molar-refractivity contribution >= 4 is 11.6 Å². The Labute approximate surface area is 113 Å². The van der Waals surface area contributed by atoms with Gasteiger partial charge in [0.05, 0.1) is 6.04 Å². The molecule has 0 aliphatic heterocycles. The number of nitrogens with two attached hydrogens (primary N) is 1. The number of amides is 1. The van der Waals surface area contributed by atoms with E-state index in [4.69, 9.17) is 10.5 Å². The van der Waals surface area contributed by atoms with Crippen molar-refractivity contribution < 1.29 is 14.6 Å². The number of aryl methyl sites for hydroxylation is 1. The Hall–Kier alpha value is -1.59. The van der Waals surface area contributed by atoms with Crippen molar-refractivity contribution in [2.75, 3.05) is 19.0 Å². The number of ether oxygens (including phenoxy) is 1. The minimum Gasteiger partial charge on any atom is -0.507 e. The third-order valence-corrected chi connectivity index (χ3v) is 3.09. The molecule has 1 aromatic carbocycles. The molecule has 0 bridgehead atoms. The maximum Gasteiger partial charge on any atom is 0.241 e. The number of aromatic hydroxyl groups is 1. The fourth-order valence-corrected chi connectivity index (χ4v) is 1.78. The number of hydrogen-bond donors (Lipinski definition) is 3. The molecule has 1 atom stereocenters. The number of rotatable bonds is 6. The molecule has 1 unspecified atom stereocenters. The van der Waals surface area contributed by atoms with Crippen molar-refractivity contribution in [3.8, 4) is 5.75 Å². The molecule has 0 aliphatic rings. The van der Waals surface area contributed by atoms with Crippen molar-refractivity contribution in [3.05, 3.63) is 23.3 Å². The lowest BCUT2D eigenvalue weighted by Gasteiger charge is -2.15. The summed E-state index contributed by atoms with van der Waals surface area (Å²) in [5, 5.41) is 12.6. The molecule has 0 saturated heterocycles. The third-order valence-electron chi connectivity index (χ3n) is 3.09. The second kappa shape index (κ2) is 7.11. The predicted octanol–water partition coefficient (Wildman–Crippen LogP) is 1.70. The van der Waals surface area contributed by atoms with Crippen LogP contribution in [0.2, 0.25) is 0 Å². The smallest absolute Gasteiger partial charge is 0.241 e. The first-order chi connectivity index (χ1) is 8.97. The van der Waals surface area contributed by atoms with Crippen LogP contribution in [0, 0.1) is 13.8 Å². The number of anilines is 1. The summed E-state index contributed by atoms with van der Waals surface area (Å²) in [6.07, 6.45) is 1.31. The fraction of sp³-hybridized carbons (Fsp3) is 0.500. The first-order valence-corrected chi connectivity index (χ1v) is 6.32. The second-order valence-corrected chi connectivity index (χ2v) is 4.63. The molecule has 1 rings (SSSR count). The summed E-state index contributed by atoms with van der Waals surface area (Å²) in [4.78, 5) is 11.9. The van der Waals surface area contributed by atoms with E-state index in [1.54, 1.807) is 26.2 Å². The molecule has 0 heterocycles. The molecule has 0 aliphatic carbocycles. The highest BCUT2D eigenvalue weighted by molar-refractivity contribution is 5.95. The van der Waals surface area contributed by atoms with Crippen LogP contribution in [0.1, 0.15) is 24.0 Å². The van der Waals surface area contributed by atoms with Crippen molar-refractivity contribution in [2.45, 2.75) is 32.7 Å². The highest BCUT2D eigenvalue weighted by Gasteiger charge is 2.15. The van der Waals surface area contributed by atoms with Gasteiger partial charge >= 0.3 is 0 Å². The summed E-state index contributed by atoms with van der Waals surface area (Å²) in [5.74, 6) is -0.0480. The Balaban J connectivity index is 2.64. The topological polar surface area (TPSA) is 84.6 Å². The Morgan fingerprint density at radius 3 is 2.79 bits per heavy atom. The van der Waals surface area contributed by atoms with Gasteiger partial charge in [0.2, 0.25) is 5.91 Å². The number of carbonyl (C=O) groups is 1. The van der Waals surface area contributed by atoms with Crippen LogP contribution in [-0.4, -0.2) is 30.8 Å². The van der Waals surface area contributed by atoms with E-state index in [2.05, 4.69) is 5.32 Å². The molecule has 0 spiro atoms. The summed E-state index contributed by atoms with van der Waals surface area (Å²) >= 11 is 0. The largest absolute Gasteiger partial charge is 0.507 e.